The van der Waals surface area contributed by atoms with Crippen molar-refractivity contribution in [2.75, 3.05) is 26.7 Å². The van der Waals surface area contributed by atoms with Crippen LogP contribution in [0.2, 0.25) is 0 Å². The fourth-order valence-electron chi connectivity index (χ4n) is 4.28. The van der Waals surface area contributed by atoms with Crippen molar-refractivity contribution in [2.24, 2.45) is 0 Å². The number of hydrogen-bond acceptors (Lipinski definition) is 4. The molecule has 0 spiro atoms. The van der Waals surface area contributed by atoms with Gasteiger partial charge in [0.25, 0.3) is 11.8 Å². The van der Waals surface area contributed by atoms with Crippen LogP contribution in [0.4, 0.5) is 0 Å². The van der Waals surface area contributed by atoms with Crippen LogP contribution in [-0.4, -0.2) is 67.9 Å². The van der Waals surface area contributed by atoms with Crippen molar-refractivity contribution in [3.63, 3.8) is 0 Å². The highest BCUT2D eigenvalue weighted by Crippen LogP contribution is 2.29. The zero-order valence-electron chi connectivity index (χ0n) is 16.9. The minimum Gasteiger partial charge on any atom is -0.340 e. The molecule has 0 aliphatic carbocycles. The highest BCUT2D eigenvalue weighted by atomic mass is 16.2. The molecule has 0 bridgehead atoms. The van der Waals surface area contributed by atoms with Crippen LogP contribution in [0.1, 0.15) is 64.3 Å². The largest absolute Gasteiger partial charge is 0.340 e. The molecule has 0 saturated carbocycles. The molecule has 28 heavy (non-hydrogen) atoms. The van der Waals surface area contributed by atoms with Gasteiger partial charge in [-0.05, 0) is 39.2 Å². The summed E-state index contributed by atoms with van der Waals surface area (Å²) in [5.41, 5.74) is 3.19. The Hall–Kier alpha value is -2.64. The standard InChI is InChI=1S/C20H28N6O2/c1-4-25-14(2)16(12-21-25)19(27)24-9-5-7-15(13-24)17-11-18-20(28)23(3)8-6-10-26(18)22-17/h11-12,15H,4-10,13H2,1-3H3. The SMILES string of the molecule is CCn1ncc(C(=O)N2CCCC(c3cc4n(n3)CCCN(C)C4=O)C2)c1C. The fourth-order valence-corrected chi connectivity index (χ4v) is 4.28. The number of aryl methyl sites for hydroxylation is 2. The third kappa shape index (κ3) is 3.21. The summed E-state index contributed by atoms with van der Waals surface area (Å²) >= 11 is 0. The van der Waals surface area contributed by atoms with Gasteiger partial charge in [0.05, 0.1) is 17.5 Å². The number of rotatable bonds is 3. The summed E-state index contributed by atoms with van der Waals surface area (Å²) in [4.78, 5) is 29.3. The summed E-state index contributed by atoms with van der Waals surface area (Å²) in [5.74, 6) is 0.234. The lowest BCUT2D eigenvalue weighted by molar-refractivity contribution is 0.0704. The molecular formula is C20H28N6O2. The van der Waals surface area contributed by atoms with E-state index in [0.29, 0.717) is 17.8 Å². The van der Waals surface area contributed by atoms with Crippen molar-refractivity contribution in [1.82, 2.24) is 29.4 Å². The van der Waals surface area contributed by atoms with E-state index in [1.54, 1.807) is 11.1 Å². The van der Waals surface area contributed by atoms with Gasteiger partial charge in [0.1, 0.15) is 5.69 Å². The maximum atomic E-state index is 13.0. The number of aromatic nitrogens is 4. The second kappa shape index (κ2) is 7.41. The summed E-state index contributed by atoms with van der Waals surface area (Å²) in [7, 11) is 1.84. The predicted octanol–water partition coefficient (Wildman–Crippen LogP) is 1.90. The van der Waals surface area contributed by atoms with Crippen molar-refractivity contribution in [2.45, 2.75) is 52.1 Å². The Balaban J connectivity index is 1.54. The molecule has 2 aliphatic rings. The Morgan fingerprint density at radius 3 is 2.82 bits per heavy atom. The molecule has 8 nitrogen and oxygen atoms in total. The van der Waals surface area contributed by atoms with Crippen molar-refractivity contribution < 1.29 is 9.59 Å². The number of amides is 2. The number of carbonyl (C=O) groups excluding carboxylic acids is 2. The van der Waals surface area contributed by atoms with Crippen molar-refractivity contribution in [1.29, 1.82) is 0 Å². The third-order valence-electron chi connectivity index (χ3n) is 5.99. The lowest BCUT2D eigenvalue weighted by atomic mass is 9.94. The lowest BCUT2D eigenvalue weighted by Gasteiger charge is -2.32. The highest BCUT2D eigenvalue weighted by molar-refractivity contribution is 5.95. The second-order valence-electron chi connectivity index (χ2n) is 7.81. The van der Waals surface area contributed by atoms with Gasteiger partial charge in [-0.15, -0.1) is 0 Å². The van der Waals surface area contributed by atoms with Crippen LogP contribution < -0.4 is 0 Å². The van der Waals surface area contributed by atoms with E-state index in [1.165, 1.54) is 0 Å². The number of carbonyl (C=O) groups is 2. The van der Waals surface area contributed by atoms with Gasteiger partial charge in [0.2, 0.25) is 0 Å². The molecule has 2 aliphatic heterocycles. The molecule has 0 N–H and O–H groups in total. The zero-order chi connectivity index (χ0) is 19.8. The van der Waals surface area contributed by atoms with E-state index in [1.807, 2.05) is 41.2 Å². The third-order valence-corrected chi connectivity index (χ3v) is 5.99. The Kier molecular flexibility index (Phi) is 4.95. The van der Waals surface area contributed by atoms with Gasteiger partial charge in [0.15, 0.2) is 0 Å². The highest BCUT2D eigenvalue weighted by Gasteiger charge is 2.30. The van der Waals surface area contributed by atoms with E-state index in [-0.39, 0.29) is 17.7 Å². The van der Waals surface area contributed by atoms with Gasteiger partial charge in [-0.3, -0.25) is 19.0 Å². The van der Waals surface area contributed by atoms with E-state index in [0.717, 1.165) is 56.8 Å². The molecule has 1 saturated heterocycles. The van der Waals surface area contributed by atoms with Crippen LogP contribution in [0.5, 0.6) is 0 Å². The van der Waals surface area contributed by atoms with E-state index in [9.17, 15) is 9.59 Å². The zero-order valence-corrected chi connectivity index (χ0v) is 16.9. The van der Waals surface area contributed by atoms with Gasteiger partial charge < -0.3 is 9.80 Å². The van der Waals surface area contributed by atoms with Gasteiger partial charge in [-0.25, -0.2) is 0 Å². The molecule has 0 radical (unpaired) electrons. The number of likely N-dealkylation sites (tertiary alicyclic amines) is 1. The van der Waals surface area contributed by atoms with Crippen LogP contribution in [0, 0.1) is 6.92 Å². The minimum absolute atomic E-state index is 0.0302. The maximum absolute atomic E-state index is 13.0. The smallest absolute Gasteiger partial charge is 0.271 e. The molecule has 150 valence electrons. The monoisotopic (exact) mass is 384 g/mol. The quantitative estimate of drug-likeness (QED) is 0.810. The first-order valence-corrected chi connectivity index (χ1v) is 10.1. The normalized spacial score (nSPS) is 20.2. The number of hydrogen-bond donors (Lipinski definition) is 0. The van der Waals surface area contributed by atoms with Gasteiger partial charge in [-0.1, -0.05) is 0 Å². The fraction of sp³-hybridized carbons (Fsp3) is 0.600. The average molecular weight is 384 g/mol. The van der Waals surface area contributed by atoms with Crippen LogP contribution in [-0.2, 0) is 13.1 Å². The summed E-state index contributed by atoms with van der Waals surface area (Å²) < 4.78 is 3.70. The summed E-state index contributed by atoms with van der Waals surface area (Å²) in [6.45, 7) is 7.62. The first-order chi connectivity index (χ1) is 13.5. The van der Waals surface area contributed by atoms with Gasteiger partial charge >= 0.3 is 0 Å². The Labute approximate surface area is 165 Å². The molecule has 2 aromatic rings. The molecule has 1 unspecified atom stereocenters. The van der Waals surface area contributed by atoms with Crippen molar-refractivity contribution >= 4 is 11.8 Å². The van der Waals surface area contributed by atoms with E-state index in [4.69, 9.17) is 5.10 Å². The van der Waals surface area contributed by atoms with E-state index >= 15 is 0 Å². The molecule has 1 fully saturated rings. The Morgan fingerprint density at radius 2 is 2.07 bits per heavy atom. The van der Waals surface area contributed by atoms with Crippen LogP contribution >= 0.6 is 0 Å². The van der Waals surface area contributed by atoms with E-state index < -0.39 is 0 Å². The molecule has 8 heteroatoms. The van der Waals surface area contributed by atoms with Crippen LogP contribution in [0.3, 0.4) is 0 Å². The van der Waals surface area contributed by atoms with Gasteiger partial charge in [-0.2, -0.15) is 10.2 Å². The first kappa shape index (κ1) is 18.7. The van der Waals surface area contributed by atoms with Crippen LogP contribution in [0.15, 0.2) is 12.3 Å². The van der Waals surface area contributed by atoms with Gasteiger partial charge in [0, 0.05) is 51.4 Å². The number of nitrogens with zero attached hydrogens (tertiary/aromatic N) is 6. The summed E-state index contributed by atoms with van der Waals surface area (Å²) in [5, 5.41) is 9.04. The first-order valence-electron chi connectivity index (χ1n) is 10.1. The maximum Gasteiger partial charge on any atom is 0.271 e. The summed E-state index contributed by atoms with van der Waals surface area (Å²) in [6.07, 6.45) is 4.51. The Morgan fingerprint density at radius 1 is 1.25 bits per heavy atom. The minimum atomic E-state index is 0.0302. The molecule has 4 rings (SSSR count). The molecule has 2 amide bonds. The molecule has 4 heterocycles. The number of fused-ring (bicyclic) bond motifs is 1. The summed E-state index contributed by atoms with van der Waals surface area (Å²) in [6, 6.07) is 1.93. The van der Waals surface area contributed by atoms with Crippen molar-refractivity contribution in [3.05, 3.63) is 34.9 Å². The van der Waals surface area contributed by atoms with Crippen LogP contribution in [0.25, 0.3) is 0 Å². The molecule has 2 aromatic heterocycles. The second-order valence-corrected chi connectivity index (χ2v) is 7.81. The van der Waals surface area contributed by atoms with Crippen molar-refractivity contribution in [3.8, 4) is 0 Å². The van der Waals surface area contributed by atoms with E-state index in [2.05, 4.69) is 5.10 Å². The average Bonchev–Trinajstić information content (AvgIpc) is 3.27. The Bertz CT molecular complexity index is 899. The lowest BCUT2D eigenvalue weighted by Crippen LogP contribution is -2.39. The predicted molar refractivity (Wildman–Crippen MR) is 104 cm³/mol. The topological polar surface area (TPSA) is 76.3 Å². The molecular weight excluding hydrogens is 356 g/mol. The molecule has 0 aromatic carbocycles. The molecule has 1 atom stereocenters. The number of piperidine rings is 1.